The number of carbonyl (C=O) groups excluding carboxylic acids is 1. The van der Waals surface area contributed by atoms with Gasteiger partial charge in [-0.1, -0.05) is 130 Å². The van der Waals surface area contributed by atoms with Crippen LogP contribution in [-0.4, -0.2) is 25.8 Å². The quantitative estimate of drug-likeness (QED) is 0.0852. The van der Waals surface area contributed by atoms with Crippen molar-refractivity contribution >= 4 is 5.97 Å². The molecular weight excluding hydrogens is 395 g/mol. The topological polar surface area (TPSA) is 35.5 Å². The zero-order valence-corrected chi connectivity index (χ0v) is 23.6. The van der Waals surface area contributed by atoms with Crippen molar-refractivity contribution in [1.82, 2.24) is 0 Å². The zero-order chi connectivity index (χ0) is 22.1. The van der Waals surface area contributed by atoms with E-state index in [2.05, 4.69) is 20.8 Å². The molecule has 180 valence electrons. The number of carbonyl (C=O) groups is 1. The predicted octanol–water partition coefficient (Wildman–Crippen LogP) is 5.45. The second-order valence-corrected chi connectivity index (χ2v) is 8.86. The number of hydrogen-bond donors (Lipinski definition) is 0. The first-order chi connectivity index (χ1) is 14.8. The molecule has 1 unspecified atom stereocenters. The molecule has 0 aliphatic heterocycles. The van der Waals surface area contributed by atoms with Crippen molar-refractivity contribution in [2.75, 3.05) is 19.8 Å². The Morgan fingerprint density at radius 2 is 1.10 bits per heavy atom. The molecule has 0 aromatic heterocycles. The van der Waals surface area contributed by atoms with Crippen LogP contribution in [0.1, 0.15) is 136 Å². The molecule has 0 radical (unpaired) electrons. The Balaban J connectivity index is 0. The summed E-state index contributed by atoms with van der Waals surface area (Å²) in [4.78, 5) is 12.2. The minimum atomic E-state index is -0.0366. The van der Waals surface area contributed by atoms with Gasteiger partial charge in [-0.15, -0.1) is 0 Å². The fraction of sp³-hybridized carbons (Fsp3) is 0.926. The van der Waals surface area contributed by atoms with E-state index in [0.29, 0.717) is 19.8 Å². The number of unbranched alkanes of at least 4 members (excludes halogenated alkanes) is 15. The van der Waals surface area contributed by atoms with Crippen LogP contribution in [0, 0.1) is 12.8 Å². The molecule has 0 fully saturated rings. The molecule has 31 heavy (non-hydrogen) atoms. The normalized spacial score (nSPS) is 11.8. The molecule has 0 aliphatic rings. The van der Waals surface area contributed by atoms with Crippen molar-refractivity contribution < 1.29 is 43.8 Å². The second kappa shape index (κ2) is 28.5. The summed E-state index contributed by atoms with van der Waals surface area (Å²) in [5.74, 6) is 0.0341. The first-order valence-corrected chi connectivity index (χ1v) is 13.3. The standard InChI is InChI=1S/C27H53O3.Na/c1-4-7-8-9-10-11-12-13-14-15-16-17-18-19-20-21-23-26(22-5-2)27(28)30-25-24-29-6-3;/h26H,3-25H2,1-2H3;/q-1;+1. The molecule has 0 heterocycles. The number of hydrogen-bond acceptors (Lipinski definition) is 3. The average molecular weight is 449 g/mol. The smallest absolute Gasteiger partial charge is 0.463 e. The number of esters is 1. The van der Waals surface area contributed by atoms with Crippen LogP contribution < -0.4 is 29.6 Å². The Morgan fingerprint density at radius 1 is 0.645 bits per heavy atom. The summed E-state index contributed by atoms with van der Waals surface area (Å²) >= 11 is 0. The van der Waals surface area contributed by atoms with Crippen molar-refractivity contribution in [3.05, 3.63) is 6.92 Å². The third-order valence-corrected chi connectivity index (χ3v) is 5.99. The SMILES string of the molecule is [CH2-]COCCOC(=O)C(CCC)CCCCCCCCCCCCCCCCCC.[Na+]. The van der Waals surface area contributed by atoms with E-state index in [1.54, 1.807) is 0 Å². The van der Waals surface area contributed by atoms with Crippen molar-refractivity contribution in [2.24, 2.45) is 5.92 Å². The molecule has 0 bridgehead atoms. The summed E-state index contributed by atoms with van der Waals surface area (Å²) < 4.78 is 10.5. The first kappa shape index (κ1) is 33.6. The Hall–Kier alpha value is 0.430. The Labute approximate surface area is 217 Å². The maximum Gasteiger partial charge on any atom is 1.00 e. The van der Waals surface area contributed by atoms with Crippen molar-refractivity contribution in [3.63, 3.8) is 0 Å². The van der Waals surface area contributed by atoms with Gasteiger partial charge in [0.2, 0.25) is 0 Å². The van der Waals surface area contributed by atoms with E-state index in [9.17, 15) is 4.79 Å². The van der Waals surface area contributed by atoms with Crippen molar-refractivity contribution in [2.45, 2.75) is 136 Å². The van der Waals surface area contributed by atoms with Gasteiger partial charge < -0.3 is 16.4 Å². The van der Waals surface area contributed by atoms with E-state index in [4.69, 9.17) is 9.47 Å². The molecule has 0 spiro atoms. The Bertz CT molecular complexity index is 349. The second-order valence-electron chi connectivity index (χ2n) is 8.86. The van der Waals surface area contributed by atoms with Gasteiger partial charge in [0.05, 0.1) is 12.5 Å². The van der Waals surface area contributed by atoms with Crippen LogP contribution >= 0.6 is 0 Å². The van der Waals surface area contributed by atoms with Gasteiger partial charge in [-0.25, -0.2) is 0 Å². The fourth-order valence-corrected chi connectivity index (χ4v) is 4.09. The molecule has 3 nitrogen and oxygen atoms in total. The van der Waals surface area contributed by atoms with E-state index in [1.807, 2.05) is 0 Å². The molecule has 0 saturated heterocycles. The van der Waals surface area contributed by atoms with Crippen LogP contribution in [0.4, 0.5) is 0 Å². The van der Waals surface area contributed by atoms with Crippen molar-refractivity contribution in [3.8, 4) is 0 Å². The summed E-state index contributed by atoms with van der Waals surface area (Å²) in [5.41, 5.74) is 0. The molecule has 0 rings (SSSR count). The van der Waals surface area contributed by atoms with Crippen LogP contribution in [-0.2, 0) is 14.3 Å². The fourth-order valence-electron chi connectivity index (χ4n) is 4.09. The molecule has 0 aromatic carbocycles. The van der Waals surface area contributed by atoms with Crippen LogP contribution in [0.5, 0.6) is 0 Å². The summed E-state index contributed by atoms with van der Waals surface area (Å²) in [5, 5.41) is 0. The van der Waals surface area contributed by atoms with Gasteiger partial charge in [0.1, 0.15) is 6.61 Å². The Kier molecular flexibility index (Phi) is 30.9. The zero-order valence-electron chi connectivity index (χ0n) is 21.6. The summed E-state index contributed by atoms with van der Waals surface area (Å²) in [6.45, 7) is 9.27. The molecule has 0 N–H and O–H groups in total. The predicted molar refractivity (Wildman–Crippen MR) is 130 cm³/mol. The van der Waals surface area contributed by atoms with Crippen LogP contribution in [0.15, 0.2) is 0 Å². The Morgan fingerprint density at radius 3 is 1.52 bits per heavy atom. The molecule has 0 amide bonds. The average Bonchev–Trinajstić information content (AvgIpc) is 2.75. The van der Waals surface area contributed by atoms with E-state index >= 15 is 0 Å². The van der Waals surface area contributed by atoms with E-state index < -0.39 is 0 Å². The maximum atomic E-state index is 12.2. The number of rotatable bonds is 24. The van der Waals surface area contributed by atoms with Gasteiger partial charge in [0.25, 0.3) is 0 Å². The van der Waals surface area contributed by atoms with Gasteiger partial charge >= 0.3 is 35.5 Å². The van der Waals surface area contributed by atoms with Crippen LogP contribution in [0.3, 0.4) is 0 Å². The summed E-state index contributed by atoms with van der Waals surface area (Å²) in [7, 11) is 0. The number of ether oxygens (including phenoxy) is 2. The van der Waals surface area contributed by atoms with E-state index in [1.165, 1.54) is 96.3 Å². The van der Waals surface area contributed by atoms with Crippen molar-refractivity contribution in [1.29, 1.82) is 0 Å². The van der Waals surface area contributed by atoms with Gasteiger partial charge in [-0.3, -0.25) is 4.79 Å². The minimum Gasteiger partial charge on any atom is -0.463 e. The van der Waals surface area contributed by atoms with Gasteiger partial charge in [0, 0.05) is 0 Å². The molecule has 0 aliphatic carbocycles. The van der Waals surface area contributed by atoms with Gasteiger partial charge in [-0.05, 0) is 12.8 Å². The molecule has 0 aromatic rings. The third-order valence-electron chi connectivity index (χ3n) is 5.99. The molecule has 0 saturated carbocycles. The minimum absolute atomic E-state index is 0. The summed E-state index contributed by atoms with van der Waals surface area (Å²) in [6, 6.07) is 0. The monoisotopic (exact) mass is 448 g/mol. The largest absolute Gasteiger partial charge is 1.00 e. The van der Waals surface area contributed by atoms with E-state index in [0.717, 1.165) is 25.7 Å². The molecule has 1 atom stereocenters. The van der Waals surface area contributed by atoms with E-state index in [-0.39, 0.29) is 41.4 Å². The van der Waals surface area contributed by atoms with Gasteiger partial charge in [0.15, 0.2) is 0 Å². The molecule has 4 heteroatoms. The maximum absolute atomic E-state index is 12.2. The van der Waals surface area contributed by atoms with Crippen LogP contribution in [0.2, 0.25) is 0 Å². The third kappa shape index (κ3) is 24.9. The summed E-state index contributed by atoms with van der Waals surface area (Å²) in [6.07, 6.45) is 25.0. The first-order valence-electron chi connectivity index (χ1n) is 13.3. The van der Waals surface area contributed by atoms with Crippen LogP contribution in [0.25, 0.3) is 0 Å². The van der Waals surface area contributed by atoms with Gasteiger partial charge in [-0.2, -0.15) is 0 Å². The molecular formula is C27H53NaO3.